The van der Waals surface area contributed by atoms with E-state index in [1.165, 1.54) is 66.3 Å². The number of benzene rings is 4. The van der Waals surface area contributed by atoms with E-state index in [-0.39, 0.29) is 24.7 Å². The number of piperidine rings is 2. The van der Waals surface area contributed by atoms with Gasteiger partial charge in [-0.15, -0.1) is 0 Å². The average Bonchev–Trinajstić information content (AvgIpc) is 1.47. The molecular weight excluding hydrogens is 1540 g/mol. The zero-order chi connectivity index (χ0) is 85.1. The lowest BCUT2D eigenvalue weighted by molar-refractivity contribution is -0.229. The minimum Gasteiger partial charge on any atom is -0.496 e. The van der Waals surface area contributed by atoms with Crippen molar-refractivity contribution in [1.82, 2.24) is 29.6 Å². The van der Waals surface area contributed by atoms with E-state index in [4.69, 9.17) is 37.9 Å². The largest absolute Gasteiger partial charge is 0.496 e. The lowest BCUT2D eigenvalue weighted by atomic mass is 9.47. The Morgan fingerprint density at radius 2 is 0.867 bits per heavy atom. The highest BCUT2D eigenvalue weighted by atomic mass is 16.6. The number of nitrogens with zero attached hydrogens (tertiary/aromatic N) is 6. The van der Waals surface area contributed by atoms with Crippen LogP contribution in [0.3, 0.4) is 0 Å². The molecule has 4 saturated heterocycles. The molecule has 2 aliphatic carbocycles. The summed E-state index contributed by atoms with van der Waals surface area (Å²) in [6.07, 6.45) is 11.7. The molecule has 2 spiro atoms. The minimum absolute atomic E-state index is 0.155. The van der Waals surface area contributed by atoms with Gasteiger partial charge in [-0.05, 0) is 148 Å². The summed E-state index contributed by atoms with van der Waals surface area (Å²) in [5.41, 5.74) is -6.30. The predicted octanol–water partition coefficient (Wildman–Crippen LogP) is 7.04. The van der Waals surface area contributed by atoms with Crippen molar-refractivity contribution in [2.45, 2.75) is 199 Å². The molecule has 6 fully saturated rings. The van der Waals surface area contributed by atoms with Crippen molar-refractivity contribution >= 4 is 81.8 Å². The molecule has 2 saturated carbocycles. The Kier molecular flexibility index (Phi) is 20.4. The van der Waals surface area contributed by atoms with Gasteiger partial charge < -0.3 is 78.1 Å². The summed E-state index contributed by atoms with van der Waals surface area (Å²) in [5, 5.41) is 52.5. The summed E-state index contributed by atoms with van der Waals surface area (Å²) < 4.78 is 47.4. The molecule has 2 aromatic heterocycles. The van der Waals surface area contributed by atoms with Crippen molar-refractivity contribution < 1.29 is 96.7 Å². The first kappa shape index (κ1) is 82.8. The maximum Gasteiger partial charge on any atom is 0.344 e. The van der Waals surface area contributed by atoms with E-state index in [0.717, 1.165) is 32.9 Å². The van der Waals surface area contributed by atoms with Crippen LogP contribution in [0.1, 0.15) is 151 Å². The number of ether oxygens (including phenoxy) is 8. The van der Waals surface area contributed by atoms with Crippen molar-refractivity contribution in [3.05, 3.63) is 142 Å². The Hall–Kier alpha value is -9.52. The van der Waals surface area contributed by atoms with Crippen molar-refractivity contribution in [1.29, 1.82) is 0 Å². The molecule has 640 valence electrons. The number of amides is 2. The number of esters is 6. The first-order valence-electron chi connectivity index (χ1n) is 42.5. The van der Waals surface area contributed by atoms with Gasteiger partial charge in [-0.25, -0.2) is 9.59 Å². The highest BCUT2D eigenvalue weighted by Crippen LogP contribution is 2.71. The maximum absolute atomic E-state index is 15.3. The SMILES string of the molecule is CC[C@]1(O)C[C@H]2C[N@](CCc3c([nH]c4ccccc34)[C@@](C(=O)OC)(c3cc4c(cc3OC)N(C=O)[C@H]3[C@@](O)(C(=O)OC)[C@H](OC(C)=O)[C@]5(CC)C=CCN6CC[C@]43[C@@H]65)C2)C1.CC[C@]1(O)C[C@H]2C[N@](CCc3c([nH]c4ccccc34)[C@@](C(=O)OC)(c3cc4c(cc3OC)N(C=O)[C@H]3[C@@](O)(C(=O)OC)[C@H](OC(C)=O)[C@]5(CC)C=CCN6CC[C@]43[C@@H]65)C2)C1. The van der Waals surface area contributed by atoms with Crippen LogP contribution in [0.15, 0.2) is 97.1 Å². The molecule has 10 aliphatic heterocycles. The highest BCUT2D eigenvalue weighted by molar-refractivity contribution is 5.99. The third-order valence-corrected chi connectivity index (χ3v) is 31.0. The lowest BCUT2D eigenvalue weighted by Crippen LogP contribution is -2.81. The van der Waals surface area contributed by atoms with Gasteiger partial charge in [0, 0.05) is 156 Å². The van der Waals surface area contributed by atoms with E-state index in [2.05, 4.69) is 41.7 Å². The second-order valence-electron chi connectivity index (χ2n) is 36.2. The fourth-order valence-electron chi connectivity index (χ4n) is 26.7. The summed E-state index contributed by atoms with van der Waals surface area (Å²) in [4.78, 5) is 132. The number of carbonyl (C=O) groups is 8. The minimum atomic E-state index is -2.53. The third-order valence-electron chi connectivity index (χ3n) is 31.0. The molecule has 6 N–H and O–H groups in total. The monoisotopic (exact) mass is 1650 g/mol. The van der Waals surface area contributed by atoms with Crippen molar-refractivity contribution in [2.24, 2.45) is 22.7 Å². The smallest absolute Gasteiger partial charge is 0.344 e. The number of nitrogens with one attached hydrogen (secondary N) is 2. The van der Waals surface area contributed by atoms with Crippen LogP contribution >= 0.6 is 0 Å². The Balaban J connectivity index is 0.000000171. The van der Waals surface area contributed by atoms with Crippen LogP contribution in [0.5, 0.6) is 11.5 Å². The Bertz CT molecular complexity index is 4940. The molecule has 0 unspecified atom stereocenters. The van der Waals surface area contributed by atoms with Gasteiger partial charge in [0.15, 0.2) is 12.2 Å². The number of carbonyl (C=O) groups excluding carboxylic acids is 8. The summed E-state index contributed by atoms with van der Waals surface area (Å²) in [5.74, 6) is -4.13. The second kappa shape index (κ2) is 29.6. The molecule has 28 nitrogen and oxygen atoms in total. The van der Waals surface area contributed by atoms with Crippen LogP contribution in [0.25, 0.3) is 21.8 Å². The molecule has 12 heterocycles. The molecule has 120 heavy (non-hydrogen) atoms. The summed E-state index contributed by atoms with van der Waals surface area (Å²) in [6, 6.07) is 19.9. The van der Waals surface area contributed by atoms with Crippen LogP contribution in [0.4, 0.5) is 11.4 Å². The summed E-state index contributed by atoms with van der Waals surface area (Å²) in [6.45, 7) is 16.3. The molecule has 4 aromatic carbocycles. The molecule has 12 aliphatic rings. The van der Waals surface area contributed by atoms with Gasteiger partial charge in [0.25, 0.3) is 0 Å². The number of rotatable bonds is 16. The quantitative estimate of drug-likeness (QED) is 0.0245. The molecule has 6 aromatic rings. The molecule has 20 atom stereocenters. The summed E-state index contributed by atoms with van der Waals surface area (Å²) in [7, 11) is 8.18. The molecule has 18 rings (SSSR count). The number of aromatic amines is 2. The highest BCUT2D eigenvalue weighted by Gasteiger charge is 2.83. The number of hydrogen-bond acceptors (Lipinski definition) is 24. The van der Waals surface area contributed by atoms with Gasteiger partial charge >= 0.3 is 35.8 Å². The lowest BCUT2D eigenvalue weighted by Gasteiger charge is -2.63. The number of methoxy groups -OCH3 is 6. The maximum atomic E-state index is 15.3. The van der Waals surface area contributed by atoms with Gasteiger partial charge in [-0.1, -0.05) is 88.4 Å². The predicted molar refractivity (Wildman–Crippen MR) is 441 cm³/mol. The van der Waals surface area contributed by atoms with E-state index >= 15 is 9.59 Å². The van der Waals surface area contributed by atoms with Crippen LogP contribution in [0, 0.1) is 22.7 Å². The zero-order valence-electron chi connectivity index (χ0n) is 70.6. The number of H-pyrrole nitrogens is 2. The standard InChI is InChI=1S/2C46H56N4O10/c2*1-7-42(55)22-28-23-45(40(53)58-5,36-30(14-18-48(24-28)25-42)29-12-9-10-13-33(29)47-36)32-20-31-34(21-35(32)57-4)50(26-51)38-44(31)16-19-49-17-11-15-43(8-2,37(44)49)39(60-27(3)52)46(38,56)41(54)59-6/h2*9-13,15,20-21,26,28,37-39,47,55-56H,7-8,14,16-19,22-25H2,1-6H3/t2*28-,37+,38-,39-,42+,43-,44-,45+,46+/m11/s1. The third kappa shape index (κ3) is 11.2. The number of hydrogen-bond donors (Lipinski definition) is 6. The van der Waals surface area contributed by atoms with Crippen molar-refractivity contribution in [3.63, 3.8) is 0 Å². The van der Waals surface area contributed by atoms with Crippen LogP contribution in [0.2, 0.25) is 0 Å². The van der Waals surface area contributed by atoms with Crippen molar-refractivity contribution in [2.75, 3.05) is 118 Å². The van der Waals surface area contributed by atoms with Gasteiger partial charge in [-0.2, -0.15) is 0 Å². The van der Waals surface area contributed by atoms with E-state index in [9.17, 15) is 49.2 Å². The topological polar surface area (TPSA) is 342 Å². The van der Waals surface area contributed by atoms with E-state index < -0.39 is 127 Å². The fraction of sp³-hybridized carbons (Fsp3) is 0.565. The number of anilines is 2. The van der Waals surface area contributed by atoms with Gasteiger partial charge in [0.05, 0.1) is 77.3 Å². The fourth-order valence-corrected chi connectivity index (χ4v) is 26.7. The zero-order valence-corrected chi connectivity index (χ0v) is 70.6. The number of aromatic nitrogens is 2. The van der Waals surface area contributed by atoms with E-state index in [0.29, 0.717) is 199 Å². The molecule has 28 heteroatoms. The first-order chi connectivity index (χ1) is 57.5. The van der Waals surface area contributed by atoms with E-state index in [1.807, 2.05) is 101 Å². The number of fused-ring (bicyclic) bond motifs is 12. The molecule has 0 radical (unpaired) electrons. The molecular formula is C92H112N8O20. The number of para-hydroxylation sites is 2. The molecule has 4 bridgehead atoms. The normalized spacial score (nSPS) is 36.5. The molecule has 2 amide bonds. The Morgan fingerprint density at radius 1 is 0.483 bits per heavy atom. The van der Waals surface area contributed by atoms with Gasteiger partial charge in [0.1, 0.15) is 22.3 Å². The Labute approximate surface area is 697 Å². The Morgan fingerprint density at radius 3 is 1.21 bits per heavy atom. The van der Waals surface area contributed by atoms with E-state index in [1.54, 1.807) is 12.1 Å². The van der Waals surface area contributed by atoms with Gasteiger partial charge in [-0.3, -0.25) is 48.4 Å². The second-order valence-corrected chi connectivity index (χ2v) is 36.2. The van der Waals surface area contributed by atoms with Crippen LogP contribution in [-0.4, -0.2) is 266 Å². The number of aliphatic hydroxyl groups is 4. The summed E-state index contributed by atoms with van der Waals surface area (Å²) >= 11 is 0. The van der Waals surface area contributed by atoms with Crippen LogP contribution in [-0.2, 0) is 101 Å². The van der Waals surface area contributed by atoms with Gasteiger partial charge in [0.2, 0.25) is 24.0 Å². The van der Waals surface area contributed by atoms with Crippen LogP contribution < -0.4 is 19.3 Å². The van der Waals surface area contributed by atoms with Crippen molar-refractivity contribution in [3.8, 4) is 11.5 Å². The average molecular weight is 1650 g/mol. The first-order valence-corrected chi connectivity index (χ1v) is 42.5.